The molecule has 0 aliphatic carbocycles. The second kappa shape index (κ2) is 7.08. The van der Waals surface area contributed by atoms with Crippen LogP contribution in [0.1, 0.15) is 25.5 Å². The molecule has 2 heterocycles. The van der Waals surface area contributed by atoms with Gasteiger partial charge in [-0.25, -0.2) is 4.98 Å². The van der Waals surface area contributed by atoms with Crippen molar-refractivity contribution in [1.82, 2.24) is 10.3 Å². The number of rotatable bonds is 5. The second-order valence-electron chi connectivity index (χ2n) is 4.77. The zero-order valence-electron chi connectivity index (χ0n) is 11.7. The topological polar surface area (TPSA) is 37.4 Å². The molecule has 1 saturated heterocycles. The third-order valence-electron chi connectivity index (χ3n) is 3.42. The van der Waals surface area contributed by atoms with Gasteiger partial charge in [0.15, 0.2) is 0 Å². The second-order valence-corrected chi connectivity index (χ2v) is 5.18. The summed E-state index contributed by atoms with van der Waals surface area (Å²) in [5.74, 6) is 1.02. The number of aromatic nitrogens is 1. The average molecular weight is 284 g/mol. The molecular weight excluding hydrogens is 262 g/mol. The maximum absolute atomic E-state index is 6.14. The fourth-order valence-corrected chi connectivity index (χ4v) is 2.60. The van der Waals surface area contributed by atoms with Gasteiger partial charge in [-0.15, -0.1) is 0 Å². The molecule has 0 spiro atoms. The van der Waals surface area contributed by atoms with E-state index in [-0.39, 0.29) is 0 Å². The van der Waals surface area contributed by atoms with E-state index < -0.39 is 0 Å². The van der Waals surface area contributed by atoms with Gasteiger partial charge in [0, 0.05) is 26.2 Å². The summed E-state index contributed by atoms with van der Waals surface area (Å²) in [7, 11) is 1.90. The Hall–Kier alpha value is -0.840. The predicted molar refractivity (Wildman–Crippen MR) is 78.9 cm³/mol. The molecule has 1 aromatic rings. The van der Waals surface area contributed by atoms with Crippen molar-refractivity contribution in [2.24, 2.45) is 0 Å². The Labute approximate surface area is 120 Å². The van der Waals surface area contributed by atoms with Crippen LogP contribution in [0.15, 0.2) is 12.1 Å². The molecule has 0 amide bonds. The van der Waals surface area contributed by atoms with E-state index in [1.807, 2.05) is 19.2 Å². The lowest BCUT2D eigenvalue weighted by molar-refractivity contribution is 0.0458. The number of ether oxygens (including phenoxy) is 1. The smallest absolute Gasteiger partial charge is 0.128 e. The fraction of sp³-hybridized carbons (Fsp3) is 0.643. The van der Waals surface area contributed by atoms with Gasteiger partial charge < -0.3 is 15.0 Å². The first kappa shape index (κ1) is 14.6. The van der Waals surface area contributed by atoms with Crippen molar-refractivity contribution >= 4 is 17.4 Å². The molecule has 0 saturated carbocycles. The first-order valence-electron chi connectivity index (χ1n) is 6.91. The first-order valence-corrected chi connectivity index (χ1v) is 7.29. The molecule has 0 bridgehead atoms. The normalized spacial score (nSPS) is 16.9. The minimum atomic E-state index is 0.408. The number of nitrogens with one attached hydrogen (secondary N) is 1. The number of hydrogen-bond donors (Lipinski definition) is 1. The largest absolute Gasteiger partial charge is 0.378 e. The standard InChI is InChI=1S/C14H22ClN3O/c1-3-19-11-6-8-18(9-7-11)14-5-4-12(15)13(17-14)10-16-2/h4-5,11,16H,3,6-10H2,1-2H3. The van der Waals surface area contributed by atoms with E-state index in [1.165, 1.54) is 0 Å². The summed E-state index contributed by atoms with van der Waals surface area (Å²) in [5, 5.41) is 3.82. The quantitative estimate of drug-likeness (QED) is 0.901. The summed E-state index contributed by atoms with van der Waals surface area (Å²) in [5.41, 5.74) is 0.911. The van der Waals surface area contributed by atoms with E-state index in [2.05, 4.69) is 22.1 Å². The van der Waals surface area contributed by atoms with Crippen LogP contribution < -0.4 is 10.2 Å². The van der Waals surface area contributed by atoms with Gasteiger partial charge in [-0.2, -0.15) is 0 Å². The maximum Gasteiger partial charge on any atom is 0.128 e. The monoisotopic (exact) mass is 283 g/mol. The Morgan fingerprint density at radius 1 is 1.42 bits per heavy atom. The Bertz CT molecular complexity index is 406. The van der Waals surface area contributed by atoms with Gasteiger partial charge in [-0.1, -0.05) is 11.6 Å². The van der Waals surface area contributed by atoms with Crippen LogP contribution in [0.25, 0.3) is 0 Å². The van der Waals surface area contributed by atoms with Gasteiger partial charge in [0.05, 0.1) is 16.8 Å². The highest BCUT2D eigenvalue weighted by Crippen LogP contribution is 2.23. The molecule has 0 atom stereocenters. The van der Waals surface area contributed by atoms with E-state index >= 15 is 0 Å². The van der Waals surface area contributed by atoms with E-state index in [0.29, 0.717) is 12.6 Å². The maximum atomic E-state index is 6.14. The van der Waals surface area contributed by atoms with Crippen LogP contribution in [0.2, 0.25) is 5.02 Å². The fourth-order valence-electron chi connectivity index (χ4n) is 2.43. The SMILES string of the molecule is CCOC1CCN(c2ccc(Cl)c(CNC)n2)CC1. The molecule has 1 aliphatic heterocycles. The first-order chi connectivity index (χ1) is 9.24. The van der Waals surface area contributed by atoms with E-state index in [1.54, 1.807) is 0 Å². The van der Waals surface area contributed by atoms with Gasteiger partial charge in [0.2, 0.25) is 0 Å². The molecule has 0 radical (unpaired) electrons. The molecule has 2 rings (SSSR count). The number of hydrogen-bond acceptors (Lipinski definition) is 4. The van der Waals surface area contributed by atoms with Gasteiger partial charge in [-0.3, -0.25) is 0 Å². The molecule has 1 N–H and O–H groups in total. The minimum absolute atomic E-state index is 0.408. The molecule has 19 heavy (non-hydrogen) atoms. The summed E-state index contributed by atoms with van der Waals surface area (Å²) in [4.78, 5) is 6.96. The number of anilines is 1. The van der Waals surface area contributed by atoms with Crippen LogP contribution in [0.3, 0.4) is 0 Å². The van der Waals surface area contributed by atoms with Crippen molar-refractivity contribution in [2.45, 2.75) is 32.4 Å². The van der Waals surface area contributed by atoms with Crippen molar-refractivity contribution < 1.29 is 4.74 Å². The number of halogens is 1. The summed E-state index contributed by atoms with van der Waals surface area (Å²) in [6, 6.07) is 3.94. The van der Waals surface area contributed by atoms with Gasteiger partial charge in [-0.05, 0) is 38.9 Å². The highest BCUT2D eigenvalue weighted by atomic mass is 35.5. The highest BCUT2D eigenvalue weighted by molar-refractivity contribution is 6.31. The summed E-state index contributed by atoms with van der Waals surface area (Å²) >= 11 is 6.14. The number of nitrogens with zero attached hydrogens (tertiary/aromatic N) is 2. The van der Waals surface area contributed by atoms with Crippen LogP contribution in [0.5, 0.6) is 0 Å². The van der Waals surface area contributed by atoms with Crippen molar-refractivity contribution in [3.05, 3.63) is 22.8 Å². The van der Waals surface area contributed by atoms with E-state index in [4.69, 9.17) is 16.3 Å². The summed E-state index contributed by atoms with van der Waals surface area (Å²) in [6.45, 7) is 5.55. The zero-order valence-corrected chi connectivity index (χ0v) is 12.4. The lowest BCUT2D eigenvalue weighted by atomic mass is 10.1. The molecule has 1 fully saturated rings. The van der Waals surface area contributed by atoms with Crippen LogP contribution >= 0.6 is 11.6 Å². The van der Waals surface area contributed by atoms with Gasteiger partial charge >= 0.3 is 0 Å². The summed E-state index contributed by atoms with van der Waals surface area (Å²) in [6.07, 6.45) is 2.55. The zero-order chi connectivity index (χ0) is 13.7. The third kappa shape index (κ3) is 3.81. The Balaban J connectivity index is 2.01. The van der Waals surface area contributed by atoms with Crippen LogP contribution in [-0.2, 0) is 11.3 Å². The van der Waals surface area contributed by atoms with Crippen LogP contribution in [0, 0.1) is 0 Å². The molecule has 4 nitrogen and oxygen atoms in total. The van der Waals surface area contributed by atoms with Crippen molar-refractivity contribution in [3.63, 3.8) is 0 Å². The Morgan fingerprint density at radius 3 is 2.79 bits per heavy atom. The molecule has 1 aromatic heterocycles. The number of piperidine rings is 1. The predicted octanol–water partition coefficient (Wildman–Crippen LogP) is 2.46. The average Bonchev–Trinajstić information content (AvgIpc) is 2.43. The molecule has 1 aliphatic rings. The van der Waals surface area contributed by atoms with Gasteiger partial charge in [0.25, 0.3) is 0 Å². The Morgan fingerprint density at radius 2 is 2.16 bits per heavy atom. The van der Waals surface area contributed by atoms with Crippen LogP contribution in [0.4, 0.5) is 5.82 Å². The molecule has 106 valence electrons. The minimum Gasteiger partial charge on any atom is -0.378 e. The molecular formula is C14H22ClN3O. The number of pyridine rings is 1. The molecule has 5 heteroatoms. The van der Waals surface area contributed by atoms with Crippen molar-refractivity contribution in [2.75, 3.05) is 31.6 Å². The molecule has 0 aromatic carbocycles. The van der Waals surface area contributed by atoms with Crippen LogP contribution in [-0.4, -0.2) is 37.8 Å². The van der Waals surface area contributed by atoms with E-state index in [0.717, 1.165) is 49.1 Å². The molecule has 0 unspecified atom stereocenters. The highest BCUT2D eigenvalue weighted by Gasteiger charge is 2.20. The lowest BCUT2D eigenvalue weighted by Crippen LogP contribution is -2.37. The van der Waals surface area contributed by atoms with E-state index in [9.17, 15) is 0 Å². The summed E-state index contributed by atoms with van der Waals surface area (Å²) < 4.78 is 5.67. The third-order valence-corrected chi connectivity index (χ3v) is 3.76. The Kier molecular flexibility index (Phi) is 5.43. The van der Waals surface area contributed by atoms with Gasteiger partial charge in [0.1, 0.15) is 5.82 Å². The van der Waals surface area contributed by atoms with Crippen molar-refractivity contribution in [1.29, 1.82) is 0 Å². The lowest BCUT2D eigenvalue weighted by Gasteiger charge is -2.32. The van der Waals surface area contributed by atoms with Crippen molar-refractivity contribution in [3.8, 4) is 0 Å².